The molecule has 1 saturated carbocycles. The fraction of sp³-hybridized carbons (Fsp3) is 1.00. The molecule has 0 atom stereocenters. The third-order valence-corrected chi connectivity index (χ3v) is 2.06. The average Bonchev–Trinajstić information content (AvgIpc) is 1.63. The van der Waals surface area contributed by atoms with Crippen molar-refractivity contribution in [2.45, 2.75) is 26.7 Å². The molecule has 8 heavy (non-hydrogen) atoms. The van der Waals surface area contributed by atoms with Crippen LogP contribution in [-0.4, -0.2) is 11.7 Å². The molecule has 0 saturated heterocycles. The molecular weight excluding hydrogens is 100 g/mol. The molecule has 1 heteroatoms. The molecule has 0 heterocycles. The Balaban J connectivity index is 2.30. The summed E-state index contributed by atoms with van der Waals surface area (Å²) < 4.78 is 0. The largest absolute Gasteiger partial charge is 0.396 e. The normalized spacial score (nSPS) is 46.1. The number of aliphatic hydroxyl groups excluding tert-OH is 1. The molecule has 1 rings (SSSR count). The monoisotopic (exact) mass is 114 g/mol. The summed E-state index contributed by atoms with van der Waals surface area (Å²) in [6.45, 7) is 4.75. The fourth-order valence-electron chi connectivity index (χ4n) is 1.75. The topological polar surface area (TPSA) is 20.2 Å². The van der Waals surface area contributed by atoms with Crippen molar-refractivity contribution < 1.29 is 5.11 Å². The zero-order valence-electron chi connectivity index (χ0n) is 5.65. The fourth-order valence-corrected chi connectivity index (χ4v) is 1.75. The van der Waals surface area contributed by atoms with Crippen LogP contribution in [0.15, 0.2) is 0 Å². The molecule has 0 spiro atoms. The molecule has 1 aliphatic rings. The first-order chi connectivity index (χ1) is 3.66. The van der Waals surface area contributed by atoms with Crippen LogP contribution >= 0.6 is 0 Å². The van der Waals surface area contributed by atoms with E-state index in [1.807, 2.05) is 0 Å². The molecule has 1 fully saturated rings. The van der Waals surface area contributed by atoms with Crippen LogP contribution in [0.25, 0.3) is 0 Å². The van der Waals surface area contributed by atoms with Crippen molar-refractivity contribution in [1.82, 2.24) is 0 Å². The predicted octanol–water partition coefficient (Wildman–Crippen LogP) is 1.41. The quantitative estimate of drug-likeness (QED) is 0.546. The van der Waals surface area contributed by atoms with Gasteiger partial charge in [0.1, 0.15) is 0 Å². The van der Waals surface area contributed by atoms with E-state index in [1.54, 1.807) is 0 Å². The summed E-state index contributed by atoms with van der Waals surface area (Å²) in [4.78, 5) is 0. The van der Waals surface area contributed by atoms with E-state index in [-0.39, 0.29) is 0 Å². The summed E-state index contributed by atoms with van der Waals surface area (Å²) in [6, 6.07) is 0. The van der Waals surface area contributed by atoms with E-state index >= 15 is 0 Å². The average molecular weight is 114 g/mol. The maximum absolute atomic E-state index is 8.76. The smallest absolute Gasteiger partial charge is 0.0484 e. The van der Waals surface area contributed by atoms with Crippen molar-refractivity contribution in [3.8, 4) is 0 Å². The standard InChI is InChI=1S/C7H14O/c1-6-3-7(2,4-6)5-8/h6,8H,3-5H2,1-2H3. The van der Waals surface area contributed by atoms with Gasteiger partial charge in [-0.3, -0.25) is 0 Å². The molecule has 0 aromatic carbocycles. The van der Waals surface area contributed by atoms with Gasteiger partial charge in [0.15, 0.2) is 0 Å². The second-order valence-electron chi connectivity index (χ2n) is 3.48. The van der Waals surface area contributed by atoms with Gasteiger partial charge in [-0.05, 0) is 24.2 Å². The zero-order valence-corrected chi connectivity index (χ0v) is 5.65. The predicted molar refractivity (Wildman–Crippen MR) is 33.6 cm³/mol. The van der Waals surface area contributed by atoms with Gasteiger partial charge in [-0.15, -0.1) is 0 Å². The summed E-state index contributed by atoms with van der Waals surface area (Å²) in [7, 11) is 0. The molecule has 1 N–H and O–H groups in total. The molecule has 48 valence electrons. The number of aliphatic hydroxyl groups is 1. The molecule has 0 radical (unpaired) electrons. The van der Waals surface area contributed by atoms with Crippen molar-refractivity contribution in [1.29, 1.82) is 0 Å². The Kier molecular flexibility index (Phi) is 1.31. The molecule has 0 bridgehead atoms. The Labute approximate surface area is 50.7 Å². The highest BCUT2D eigenvalue weighted by molar-refractivity contribution is 4.87. The minimum Gasteiger partial charge on any atom is -0.396 e. The van der Waals surface area contributed by atoms with Gasteiger partial charge in [0, 0.05) is 6.61 Å². The third kappa shape index (κ3) is 0.873. The van der Waals surface area contributed by atoms with Crippen LogP contribution < -0.4 is 0 Å². The maximum atomic E-state index is 8.76. The highest BCUT2D eigenvalue weighted by atomic mass is 16.3. The van der Waals surface area contributed by atoms with Crippen LogP contribution in [0, 0.1) is 11.3 Å². The van der Waals surface area contributed by atoms with E-state index in [4.69, 9.17) is 5.11 Å². The summed E-state index contributed by atoms with van der Waals surface area (Å²) in [5.41, 5.74) is 0.291. The molecule has 0 aliphatic heterocycles. The Morgan fingerprint density at radius 1 is 1.62 bits per heavy atom. The minimum atomic E-state index is 0.291. The van der Waals surface area contributed by atoms with Crippen LogP contribution in [0.2, 0.25) is 0 Å². The SMILES string of the molecule is CC1CC(C)(CO)C1. The zero-order chi connectivity index (χ0) is 6.20. The van der Waals surface area contributed by atoms with Crippen molar-refractivity contribution in [2.24, 2.45) is 11.3 Å². The first-order valence-corrected chi connectivity index (χ1v) is 3.27. The van der Waals surface area contributed by atoms with E-state index in [0.29, 0.717) is 12.0 Å². The van der Waals surface area contributed by atoms with Crippen molar-refractivity contribution in [2.75, 3.05) is 6.61 Å². The summed E-state index contributed by atoms with van der Waals surface area (Å²) in [6.07, 6.45) is 2.42. The van der Waals surface area contributed by atoms with E-state index in [9.17, 15) is 0 Å². The molecule has 0 aromatic rings. The lowest BCUT2D eigenvalue weighted by molar-refractivity contribution is 0.0197. The highest BCUT2D eigenvalue weighted by Gasteiger charge is 2.36. The Morgan fingerprint density at radius 2 is 2.12 bits per heavy atom. The van der Waals surface area contributed by atoms with E-state index in [0.717, 1.165) is 5.92 Å². The number of rotatable bonds is 1. The maximum Gasteiger partial charge on any atom is 0.0484 e. The molecular formula is C7H14O. The molecule has 1 aliphatic carbocycles. The van der Waals surface area contributed by atoms with Gasteiger partial charge in [0.25, 0.3) is 0 Å². The Morgan fingerprint density at radius 3 is 2.25 bits per heavy atom. The minimum absolute atomic E-state index is 0.291. The van der Waals surface area contributed by atoms with Gasteiger partial charge in [-0.1, -0.05) is 13.8 Å². The van der Waals surface area contributed by atoms with E-state index < -0.39 is 0 Å². The second kappa shape index (κ2) is 1.73. The highest BCUT2D eigenvalue weighted by Crippen LogP contribution is 2.44. The lowest BCUT2D eigenvalue weighted by Gasteiger charge is -2.42. The Bertz CT molecular complexity index is 82.4. The lowest BCUT2D eigenvalue weighted by Crippen LogP contribution is -2.35. The van der Waals surface area contributed by atoms with Gasteiger partial charge in [0.2, 0.25) is 0 Å². The lowest BCUT2D eigenvalue weighted by atomic mass is 9.64. The van der Waals surface area contributed by atoms with Gasteiger partial charge >= 0.3 is 0 Å². The van der Waals surface area contributed by atoms with Gasteiger partial charge in [-0.25, -0.2) is 0 Å². The molecule has 0 aromatic heterocycles. The summed E-state index contributed by atoms with van der Waals surface area (Å²) in [5.74, 6) is 0.854. The summed E-state index contributed by atoms with van der Waals surface area (Å²) >= 11 is 0. The van der Waals surface area contributed by atoms with Crippen LogP contribution in [-0.2, 0) is 0 Å². The van der Waals surface area contributed by atoms with Crippen LogP contribution in [0.3, 0.4) is 0 Å². The van der Waals surface area contributed by atoms with Crippen molar-refractivity contribution >= 4 is 0 Å². The molecule has 1 nitrogen and oxygen atoms in total. The summed E-state index contributed by atoms with van der Waals surface area (Å²) in [5, 5.41) is 8.76. The number of hydrogen-bond donors (Lipinski definition) is 1. The molecule has 0 unspecified atom stereocenters. The van der Waals surface area contributed by atoms with Crippen LogP contribution in [0.5, 0.6) is 0 Å². The van der Waals surface area contributed by atoms with Crippen molar-refractivity contribution in [3.05, 3.63) is 0 Å². The van der Waals surface area contributed by atoms with Gasteiger partial charge < -0.3 is 5.11 Å². The third-order valence-electron chi connectivity index (χ3n) is 2.06. The van der Waals surface area contributed by atoms with Gasteiger partial charge in [-0.2, -0.15) is 0 Å². The number of hydrogen-bond acceptors (Lipinski definition) is 1. The Hall–Kier alpha value is -0.0400. The first kappa shape index (κ1) is 6.09. The van der Waals surface area contributed by atoms with Crippen LogP contribution in [0.1, 0.15) is 26.7 Å². The second-order valence-corrected chi connectivity index (χ2v) is 3.48. The van der Waals surface area contributed by atoms with Crippen LogP contribution in [0.4, 0.5) is 0 Å². The first-order valence-electron chi connectivity index (χ1n) is 3.27. The van der Waals surface area contributed by atoms with E-state index in [1.165, 1.54) is 12.8 Å². The van der Waals surface area contributed by atoms with Gasteiger partial charge in [0.05, 0.1) is 0 Å². The molecule has 0 amide bonds. The van der Waals surface area contributed by atoms with E-state index in [2.05, 4.69) is 13.8 Å². The van der Waals surface area contributed by atoms with Crippen molar-refractivity contribution in [3.63, 3.8) is 0 Å².